The third-order valence-electron chi connectivity index (χ3n) is 6.56. The minimum absolute atomic E-state index is 0.0569. The summed E-state index contributed by atoms with van der Waals surface area (Å²) < 4.78 is 38.3. The molecule has 1 saturated heterocycles. The molecule has 1 N–H and O–H groups in total. The first kappa shape index (κ1) is 24.0. The largest absolute Gasteiger partial charge is 0.416 e. The van der Waals surface area contributed by atoms with Crippen LogP contribution in [0.25, 0.3) is 0 Å². The summed E-state index contributed by atoms with van der Waals surface area (Å²) in [5, 5.41) is 2.96. The van der Waals surface area contributed by atoms with Gasteiger partial charge >= 0.3 is 6.18 Å². The van der Waals surface area contributed by atoms with Crippen LogP contribution in [0.3, 0.4) is 0 Å². The standard InChI is InChI=1S/C25H29F3N4O2/c26-25(27,28)20-9-7-19(8-10-20)24(34)32-14-4-13-31(15-16-32)22-12-11-21(17-29-22)30-23(33)18-5-2-1-3-6-18/h7-12,17-18H,1-6,13-16H2,(H,30,33). The molecule has 0 bridgehead atoms. The Morgan fingerprint density at radius 1 is 0.882 bits per heavy atom. The number of anilines is 2. The second-order valence-electron chi connectivity index (χ2n) is 8.94. The van der Waals surface area contributed by atoms with E-state index in [0.717, 1.165) is 43.6 Å². The summed E-state index contributed by atoms with van der Waals surface area (Å²) in [6.45, 7) is 2.23. The van der Waals surface area contributed by atoms with E-state index in [1.807, 2.05) is 12.1 Å². The van der Waals surface area contributed by atoms with Crippen LogP contribution in [0.2, 0.25) is 0 Å². The summed E-state index contributed by atoms with van der Waals surface area (Å²) in [6, 6.07) is 8.06. The third kappa shape index (κ3) is 5.87. The van der Waals surface area contributed by atoms with Crippen LogP contribution in [0.15, 0.2) is 42.6 Å². The SMILES string of the molecule is O=C(Nc1ccc(N2CCCN(C(=O)c3ccc(C(F)(F)F)cc3)CC2)nc1)C1CCCCC1. The minimum atomic E-state index is -4.42. The van der Waals surface area contributed by atoms with Gasteiger partial charge < -0.3 is 15.1 Å². The molecule has 1 aliphatic carbocycles. The zero-order chi connectivity index (χ0) is 24.1. The normalized spacial score (nSPS) is 17.9. The molecule has 6 nitrogen and oxygen atoms in total. The molecule has 2 aromatic rings. The first-order valence-electron chi connectivity index (χ1n) is 11.8. The van der Waals surface area contributed by atoms with E-state index in [-0.39, 0.29) is 23.3 Å². The fraction of sp³-hybridized carbons (Fsp3) is 0.480. The average molecular weight is 475 g/mol. The van der Waals surface area contributed by atoms with Crippen LogP contribution in [-0.2, 0) is 11.0 Å². The van der Waals surface area contributed by atoms with E-state index in [0.29, 0.717) is 38.3 Å². The number of nitrogens with zero attached hydrogens (tertiary/aromatic N) is 3. The highest BCUT2D eigenvalue weighted by molar-refractivity contribution is 5.94. The van der Waals surface area contributed by atoms with E-state index in [2.05, 4.69) is 15.2 Å². The number of aromatic nitrogens is 1. The van der Waals surface area contributed by atoms with E-state index in [9.17, 15) is 22.8 Å². The number of alkyl halides is 3. The highest BCUT2D eigenvalue weighted by atomic mass is 19.4. The number of carbonyl (C=O) groups excluding carboxylic acids is 2. The summed E-state index contributed by atoms with van der Waals surface area (Å²) in [6.07, 6.45) is 3.22. The van der Waals surface area contributed by atoms with Crippen LogP contribution >= 0.6 is 0 Å². The van der Waals surface area contributed by atoms with Crippen molar-refractivity contribution in [1.29, 1.82) is 0 Å². The highest BCUT2D eigenvalue weighted by Gasteiger charge is 2.30. The van der Waals surface area contributed by atoms with Gasteiger partial charge in [-0.05, 0) is 55.7 Å². The number of hydrogen-bond acceptors (Lipinski definition) is 4. The van der Waals surface area contributed by atoms with Gasteiger partial charge in [0, 0.05) is 37.7 Å². The van der Waals surface area contributed by atoms with Crippen molar-refractivity contribution in [2.75, 3.05) is 36.4 Å². The van der Waals surface area contributed by atoms with Crippen LogP contribution in [0, 0.1) is 5.92 Å². The lowest BCUT2D eigenvalue weighted by atomic mass is 9.88. The quantitative estimate of drug-likeness (QED) is 0.680. The van der Waals surface area contributed by atoms with E-state index in [4.69, 9.17) is 0 Å². The molecule has 1 aliphatic heterocycles. The maximum atomic E-state index is 12.8. The number of carbonyl (C=O) groups is 2. The molecular weight excluding hydrogens is 445 g/mol. The van der Waals surface area contributed by atoms with Crippen LogP contribution < -0.4 is 10.2 Å². The Labute approximate surface area is 197 Å². The first-order valence-corrected chi connectivity index (χ1v) is 11.8. The van der Waals surface area contributed by atoms with Crippen molar-refractivity contribution in [2.45, 2.75) is 44.7 Å². The lowest BCUT2D eigenvalue weighted by molar-refractivity contribution is -0.137. The zero-order valence-electron chi connectivity index (χ0n) is 19.0. The maximum absolute atomic E-state index is 12.8. The molecule has 34 heavy (non-hydrogen) atoms. The van der Waals surface area contributed by atoms with Crippen molar-refractivity contribution in [3.8, 4) is 0 Å². The smallest absolute Gasteiger partial charge is 0.355 e. The van der Waals surface area contributed by atoms with Gasteiger partial charge in [0.15, 0.2) is 0 Å². The molecule has 1 aromatic heterocycles. The monoisotopic (exact) mass is 474 g/mol. The highest BCUT2D eigenvalue weighted by Crippen LogP contribution is 2.29. The number of hydrogen-bond donors (Lipinski definition) is 1. The predicted molar refractivity (Wildman–Crippen MR) is 124 cm³/mol. The van der Waals surface area contributed by atoms with Crippen LogP contribution in [0.5, 0.6) is 0 Å². The van der Waals surface area contributed by atoms with Crippen LogP contribution in [0.1, 0.15) is 54.4 Å². The van der Waals surface area contributed by atoms with Gasteiger partial charge in [-0.15, -0.1) is 0 Å². The number of amides is 2. The summed E-state index contributed by atoms with van der Waals surface area (Å²) in [7, 11) is 0. The van der Waals surface area contributed by atoms with Crippen LogP contribution in [-0.4, -0.2) is 47.9 Å². The Morgan fingerprint density at radius 2 is 1.62 bits per heavy atom. The Bertz CT molecular complexity index is 987. The Hall–Kier alpha value is -3.10. The predicted octanol–water partition coefficient (Wildman–Crippen LogP) is 4.97. The Kier molecular flexibility index (Phi) is 7.38. The van der Waals surface area contributed by atoms with Crippen molar-refractivity contribution < 1.29 is 22.8 Å². The number of benzene rings is 1. The van der Waals surface area contributed by atoms with Gasteiger partial charge in [-0.3, -0.25) is 9.59 Å². The molecule has 0 unspecified atom stereocenters. The zero-order valence-corrected chi connectivity index (χ0v) is 19.0. The molecule has 2 fully saturated rings. The molecule has 2 amide bonds. The summed E-state index contributed by atoms with van der Waals surface area (Å²) in [5.74, 6) is 0.623. The van der Waals surface area contributed by atoms with Crippen molar-refractivity contribution in [2.24, 2.45) is 5.92 Å². The number of nitrogens with one attached hydrogen (secondary N) is 1. The third-order valence-corrected chi connectivity index (χ3v) is 6.56. The van der Waals surface area contributed by atoms with E-state index < -0.39 is 11.7 Å². The maximum Gasteiger partial charge on any atom is 0.416 e. The molecule has 1 saturated carbocycles. The van der Waals surface area contributed by atoms with Gasteiger partial charge in [0.2, 0.25) is 5.91 Å². The van der Waals surface area contributed by atoms with Gasteiger partial charge in [-0.25, -0.2) is 4.98 Å². The minimum Gasteiger partial charge on any atom is -0.355 e. The topological polar surface area (TPSA) is 65.5 Å². The number of halogens is 3. The molecule has 4 rings (SSSR count). The fourth-order valence-corrected chi connectivity index (χ4v) is 4.59. The lowest BCUT2D eigenvalue weighted by Crippen LogP contribution is -2.35. The van der Waals surface area contributed by atoms with Crippen molar-refractivity contribution in [1.82, 2.24) is 9.88 Å². The summed E-state index contributed by atoms with van der Waals surface area (Å²) >= 11 is 0. The van der Waals surface area contributed by atoms with E-state index in [1.165, 1.54) is 18.6 Å². The van der Waals surface area contributed by atoms with Gasteiger partial charge in [-0.2, -0.15) is 13.2 Å². The fourth-order valence-electron chi connectivity index (χ4n) is 4.59. The Morgan fingerprint density at radius 3 is 2.26 bits per heavy atom. The molecule has 1 aromatic carbocycles. The van der Waals surface area contributed by atoms with Gasteiger partial charge in [0.1, 0.15) is 5.82 Å². The molecule has 2 heterocycles. The molecule has 0 spiro atoms. The summed E-state index contributed by atoms with van der Waals surface area (Å²) in [4.78, 5) is 33.5. The lowest BCUT2D eigenvalue weighted by Gasteiger charge is -2.23. The van der Waals surface area contributed by atoms with Gasteiger partial charge in [-0.1, -0.05) is 19.3 Å². The molecule has 2 aliphatic rings. The van der Waals surface area contributed by atoms with Gasteiger partial charge in [0.05, 0.1) is 17.4 Å². The van der Waals surface area contributed by atoms with E-state index >= 15 is 0 Å². The first-order chi connectivity index (χ1) is 16.3. The number of rotatable bonds is 4. The van der Waals surface area contributed by atoms with Crippen molar-refractivity contribution in [3.63, 3.8) is 0 Å². The van der Waals surface area contributed by atoms with Crippen molar-refractivity contribution >= 4 is 23.3 Å². The number of pyridine rings is 1. The second-order valence-corrected chi connectivity index (χ2v) is 8.94. The van der Waals surface area contributed by atoms with E-state index in [1.54, 1.807) is 11.1 Å². The van der Waals surface area contributed by atoms with Crippen molar-refractivity contribution in [3.05, 3.63) is 53.7 Å². The molecule has 0 radical (unpaired) electrons. The average Bonchev–Trinajstić information content (AvgIpc) is 3.10. The molecule has 182 valence electrons. The molecule has 9 heteroatoms. The van der Waals surface area contributed by atoms with Crippen LogP contribution in [0.4, 0.5) is 24.7 Å². The summed E-state index contributed by atoms with van der Waals surface area (Å²) in [5.41, 5.74) is 0.154. The van der Waals surface area contributed by atoms with Gasteiger partial charge in [0.25, 0.3) is 5.91 Å². The second kappa shape index (κ2) is 10.4. The molecule has 0 atom stereocenters. The Balaban J connectivity index is 1.33. The molecular formula is C25H29F3N4O2.